The second-order valence-electron chi connectivity index (χ2n) is 10.8. The number of rotatable bonds is 11. The normalized spacial score (nSPS) is 31.0. The molecule has 40 heavy (non-hydrogen) atoms. The van der Waals surface area contributed by atoms with Gasteiger partial charge in [-0.1, -0.05) is 19.3 Å². The van der Waals surface area contributed by atoms with Crippen molar-refractivity contribution in [2.75, 3.05) is 0 Å². The van der Waals surface area contributed by atoms with Crippen LogP contribution in [0.1, 0.15) is 65.7 Å². The Labute approximate surface area is 228 Å². The molecule has 0 amide bonds. The van der Waals surface area contributed by atoms with Crippen LogP contribution in [0.15, 0.2) is 0 Å². The fourth-order valence-corrected chi connectivity index (χ4v) is 6.07. The van der Waals surface area contributed by atoms with Crippen LogP contribution in [0.5, 0.6) is 0 Å². The van der Waals surface area contributed by atoms with Crippen LogP contribution in [-0.4, -0.2) is 84.5 Å². The van der Waals surface area contributed by atoms with Crippen LogP contribution in [0, 0.1) is 11.8 Å². The molecule has 0 spiro atoms. The van der Waals surface area contributed by atoms with Gasteiger partial charge in [-0.25, -0.2) is 0 Å². The van der Waals surface area contributed by atoms with Gasteiger partial charge in [0.25, 0.3) is 0 Å². The Hall–Kier alpha value is -2.43. The van der Waals surface area contributed by atoms with Gasteiger partial charge in [0, 0.05) is 13.8 Å². The molecule has 16 heteroatoms. The van der Waals surface area contributed by atoms with Crippen LogP contribution in [-0.2, 0) is 57.7 Å². The molecule has 1 saturated carbocycles. The first kappa shape index (κ1) is 30.5. The van der Waals surface area contributed by atoms with Crippen LogP contribution in [0.2, 0.25) is 0 Å². The molecule has 7 atom stereocenters. The summed E-state index contributed by atoms with van der Waals surface area (Å²) in [6, 6.07) is 0. The van der Waals surface area contributed by atoms with Crippen molar-refractivity contribution in [1.29, 1.82) is 0 Å². The Bertz CT molecular complexity index is 1130. The molecular weight excluding hydrogens is 566 g/mol. The minimum absolute atomic E-state index is 0.0729. The van der Waals surface area contributed by atoms with Crippen LogP contribution in [0.25, 0.3) is 0 Å². The van der Waals surface area contributed by atoms with E-state index in [9.17, 15) is 36.4 Å². The molecule has 4 fully saturated rings. The van der Waals surface area contributed by atoms with E-state index in [1.54, 1.807) is 13.8 Å². The molecule has 13 nitrogen and oxygen atoms in total. The molecule has 3 saturated heterocycles. The highest BCUT2D eigenvalue weighted by Gasteiger charge is 2.72. The van der Waals surface area contributed by atoms with Gasteiger partial charge in [0.15, 0.2) is 18.3 Å². The highest BCUT2D eigenvalue weighted by atomic mass is 32.2. The Morgan fingerprint density at radius 3 is 2.30 bits per heavy atom. The van der Waals surface area contributed by atoms with E-state index in [0.29, 0.717) is 6.92 Å². The maximum Gasteiger partial charge on any atom is 0.405 e. The second kappa shape index (κ2) is 11.1. The predicted octanol–water partition coefficient (Wildman–Crippen LogP) is 1.66. The van der Waals surface area contributed by atoms with Gasteiger partial charge in [0.05, 0.1) is 18.9 Å². The average Bonchev–Trinajstić information content (AvgIpc) is 3.46. The quantitative estimate of drug-likeness (QED) is 0.157. The van der Waals surface area contributed by atoms with Crippen molar-refractivity contribution in [2.45, 2.75) is 113 Å². The van der Waals surface area contributed by atoms with Gasteiger partial charge in [-0.15, -0.1) is 0 Å². The Kier molecular flexibility index (Phi) is 8.47. The topological polar surface area (TPSA) is 178 Å². The van der Waals surface area contributed by atoms with Crippen molar-refractivity contribution in [3.05, 3.63) is 0 Å². The van der Waals surface area contributed by atoms with E-state index in [0.717, 1.165) is 32.1 Å². The number of fused-ring (bicyclic) bond motifs is 1. The smallest absolute Gasteiger partial charge is 0.405 e. The molecule has 1 aliphatic carbocycles. The number of hydrogen-bond acceptors (Lipinski definition) is 12. The van der Waals surface area contributed by atoms with Crippen molar-refractivity contribution < 1.29 is 69.4 Å². The largest absolute Gasteiger partial charge is 0.455 e. The predicted molar refractivity (Wildman–Crippen MR) is 125 cm³/mol. The lowest BCUT2D eigenvalue weighted by atomic mass is 9.78. The highest BCUT2D eigenvalue weighted by molar-refractivity contribution is 7.86. The maximum atomic E-state index is 13.6. The first-order valence-electron chi connectivity index (χ1n) is 13.0. The number of halogens is 2. The number of esters is 4. The van der Waals surface area contributed by atoms with E-state index in [1.165, 1.54) is 0 Å². The lowest BCUT2D eigenvalue weighted by molar-refractivity contribution is -0.241. The fraction of sp³-hybridized carbons (Fsp3) is 0.833. The first-order chi connectivity index (χ1) is 18.5. The van der Waals surface area contributed by atoms with Crippen molar-refractivity contribution in [3.63, 3.8) is 0 Å². The Morgan fingerprint density at radius 2 is 1.68 bits per heavy atom. The summed E-state index contributed by atoms with van der Waals surface area (Å²) in [6.07, 6.45) is -3.36. The summed E-state index contributed by atoms with van der Waals surface area (Å²) >= 11 is 0. The van der Waals surface area contributed by atoms with Gasteiger partial charge in [-0.3, -0.25) is 23.7 Å². The number of hydrogen-bond donors (Lipinski definition) is 1. The zero-order valence-corrected chi connectivity index (χ0v) is 22.9. The summed E-state index contributed by atoms with van der Waals surface area (Å²) in [7, 11) is -5.84. The molecule has 0 radical (unpaired) electrons. The summed E-state index contributed by atoms with van der Waals surface area (Å²) in [6.45, 7) is 3.74. The van der Waals surface area contributed by atoms with Crippen molar-refractivity contribution >= 4 is 34.0 Å². The van der Waals surface area contributed by atoms with Gasteiger partial charge >= 0.3 is 39.2 Å². The van der Waals surface area contributed by atoms with E-state index in [4.69, 9.17) is 28.2 Å². The van der Waals surface area contributed by atoms with Gasteiger partial charge in [0.1, 0.15) is 24.0 Å². The SMILES string of the molecule is CC(OC(=O)CCC(=O)OC1C2OC(=O)C3C2OC1C3C(=O)OC(C)(C)OC1CCCCC1)C(F)(F)S(=O)(=O)O. The minimum atomic E-state index is -5.84. The molecule has 2 bridgehead atoms. The molecular formula is C24H32F2O13S. The van der Waals surface area contributed by atoms with E-state index < -0.39 is 100 Å². The average molecular weight is 599 g/mol. The van der Waals surface area contributed by atoms with Crippen molar-refractivity contribution in [3.8, 4) is 0 Å². The molecule has 3 heterocycles. The number of alkyl halides is 2. The van der Waals surface area contributed by atoms with E-state index in [2.05, 4.69) is 4.74 Å². The van der Waals surface area contributed by atoms with Gasteiger partial charge in [-0.05, 0) is 19.8 Å². The third-order valence-corrected chi connectivity index (χ3v) is 8.47. The second-order valence-corrected chi connectivity index (χ2v) is 12.3. The molecule has 3 aliphatic heterocycles. The molecule has 0 aromatic carbocycles. The van der Waals surface area contributed by atoms with Crippen molar-refractivity contribution in [1.82, 2.24) is 0 Å². The molecule has 226 valence electrons. The first-order valence-corrected chi connectivity index (χ1v) is 14.5. The Morgan fingerprint density at radius 1 is 1.05 bits per heavy atom. The van der Waals surface area contributed by atoms with Crippen molar-refractivity contribution in [2.24, 2.45) is 11.8 Å². The fourth-order valence-electron chi connectivity index (χ4n) is 5.61. The summed E-state index contributed by atoms with van der Waals surface area (Å²) in [4.78, 5) is 50.1. The van der Waals surface area contributed by atoms with Crippen LogP contribution in [0.3, 0.4) is 0 Å². The minimum Gasteiger partial charge on any atom is -0.455 e. The molecule has 7 unspecified atom stereocenters. The zero-order chi connectivity index (χ0) is 29.6. The highest BCUT2D eigenvalue weighted by Crippen LogP contribution is 2.51. The monoisotopic (exact) mass is 598 g/mol. The third kappa shape index (κ3) is 6.09. The van der Waals surface area contributed by atoms with Gasteiger partial charge < -0.3 is 28.4 Å². The number of carbonyl (C=O) groups excluding carboxylic acids is 4. The van der Waals surface area contributed by atoms with E-state index in [1.807, 2.05) is 0 Å². The molecule has 4 aliphatic rings. The lowest BCUT2D eigenvalue weighted by Gasteiger charge is -2.34. The molecule has 1 N–H and O–H groups in total. The van der Waals surface area contributed by atoms with Crippen LogP contribution < -0.4 is 0 Å². The van der Waals surface area contributed by atoms with E-state index >= 15 is 0 Å². The van der Waals surface area contributed by atoms with Gasteiger partial charge in [0.2, 0.25) is 5.79 Å². The molecule has 0 aromatic rings. The summed E-state index contributed by atoms with van der Waals surface area (Å²) in [5.74, 6) is -7.25. The molecule has 4 rings (SSSR count). The number of carbonyl (C=O) groups is 4. The maximum absolute atomic E-state index is 13.6. The van der Waals surface area contributed by atoms with Gasteiger partial charge in [-0.2, -0.15) is 17.2 Å². The lowest BCUT2D eigenvalue weighted by Crippen LogP contribution is -2.49. The zero-order valence-electron chi connectivity index (χ0n) is 22.1. The Balaban J connectivity index is 1.33. The number of ether oxygens (including phenoxy) is 6. The van der Waals surface area contributed by atoms with E-state index in [-0.39, 0.29) is 6.10 Å². The molecule has 0 aromatic heterocycles. The summed E-state index contributed by atoms with van der Waals surface area (Å²) in [5.41, 5.74) is 0. The third-order valence-electron chi connectivity index (χ3n) is 7.45. The van der Waals surface area contributed by atoms with Crippen LogP contribution >= 0.6 is 0 Å². The standard InChI is InChI=1S/C24H32F2O13S/c1-11(24(25,26)40(31,32)33)34-13(27)9-10-14(28)35-19-18-16(15-17(36-18)20(19)37-21(15)29)22(30)39-23(2,3)38-12-7-5-4-6-8-12/h11-12,15-20H,4-10H2,1-3H3,(H,31,32,33). The van der Waals surface area contributed by atoms with Crippen LogP contribution in [0.4, 0.5) is 8.78 Å². The summed E-state index contributed by atoms with van der Waals surface area (Å²) < 4.78 is 89.6. The summed E-state index contributed by atoms with van der Waals surface area (Å²) in [5, 5.41) is -4.76.